The molecule has 2 N–H and O–H groups in total. The van der Waals surface area contributed by atoms with Gasteiger partial charge in [0.05, 0.1) is 12.0 Å². The molecule has 0 aliphatic rings. The Morgan fingerprint density at radius 2 is 2.14 bits per heavy atom. The highest BCUT2D eigenvalue weighted by molar-refractivity contribution is 9.10. The van der Waals surface area contributed by atoms with E-state index >= 15 is 0 Å². The summed E-state index contributed by atoms with van der Waals surface area (Å²) < 4.78 is 0.678. The number of rotatable bonds is 3. The number of aromatic nitrogens is 1. The van der Waals surface area contributed by atoms with Crippen LogP contribution in [0.4, 0.5) is 0 Å². The molecule has 0 amide bonds. The van der Waals surface area contributed by atoms with Crippen LogP contribution >= 0.6 is 39.1 Å². The molecule has 0 spiro atoms. The molecule has 1 rings (SSSR count). The Hall–Kier alpha value is 0.130. The average molecular weight is 301 g/mol. The number of aliphatic hydroxyl groups excluding tert-OH is 2. The van der Waals surface area contributed by atoms with Crippen LogP contribution in [0.5, 0.6) is 0 Å². The Balaban J connectivity index is 2.99. The average Bonchev–Trinajstić information content (AvgIpc) is 2.19. The topological polar surface area (TPSA) is 53.4 Å². The fraction of sp³-hybridized carbons (Fsp3) is 0.375. The molecule has 0 aliphatic heterocycles. The van der Waals surface area contributed by atoms with Crippen molar-refractivity contribution in [2.75, 3.05) is 5.88 Å². The quantitative estimate of drug-likeness (QED) is 0.664. The van der Waals surface area contributed by atoms with Crippen molar-refractivity contribution in [3.8, 4) is 0 Å². The molecule has 0 bridgehead atoms. The molecule has 1 aromatic heterocycles. The lowest BCUT2D eigenvalue weighted by Gasteiger charge is -2.16. The second kappa shape index (κ2) is 5.28. The predicted octanol–water partition coefficient (Wildman–Crippen LogP) is 2.13. The molecule has 2 atom stereocenters. The molecular formula is C8H8BrCl2NO2. The van der Waals surface area contributed by atoms with Gasteiger partial charge in [-0.1, -0.05) is 11.6 Å². The van der Waals surface area contributed by atoms with E-state index in [-0.39, 0.29) is 11.0 Å². The van der Waals surface area contributed by atoms with Gasteiger partial charge in [-0.2, -0.15) is 0 Å². The molecule has 0 aromatic carbocycles. The van der Waals surface area contributed by atoms with Crippen molar-refractivity contribution in [1.29, 1.82) is 0 Å². The lowest BCUT2D eigenvalue weighted by Crippen LogP contribution is -2.20. The van der Waals surface area contributed by atoms with Crippen molar-refractivity contribution in [1.82, 2.24) is 4.98 Å². The molecule has 0 radical (unpaired) electrons. The largest absolute Gasteiger partial charge is 0.389 e. The summed E-state index contributed by atoms with van der Waals surface area (Å²) in [7, 11) is 0. The molecule has 0 aliphatic carbocycles. The summed E-state index contributed by atoms with van der Waals surface area (Å²) in [5.74, 6) is -0.0655. The highest BCUT2D eigenvalue weighted by Crippen LogP contribution is 2.26. The summed E-state index contributed by atoms with van der Waals surface area (Å²) in [5.41, 5.74) is 0.356. The maximum atomic E-state index is 9.61. The Labute approximate surface area is 99.8 Å². The number of hydrogen-bond acceptors (Lipinski definition) is 3. The van der Waals surface area contributed by atoms with Crippen molar-refractivity contribution >= 4 is 39.1 Å². The second-order valence-corrected chi connectivity index (χ2v) is 4.28. The molecule has 0 fully saturated rings. The van der Waals surface area contributed by atoms with E-state index in [1.54, 1.807) is 6.07 Å². The summed E-state index contributed by atoms with van der Waals surface area (Å²) in [5, 5.41) is 19.1. The number of hydrogen-bond donors (Lipinski definition) is 2. The highest BCUT2D eigenvalue weighted by Gasteiger charge is 2.20. The van der Waals surface area contributed by atoms with Crippen LogP contribution in [-0.4, -0.2) is 27.2 Å². The fourth-order valence-electron chi connectivity index (χ4n) is 0.937. The maximum Gasteiger partial charge on any atom is 0.134 e. The van der Waals surface area contributed by atoms with E-state index in [4.69, 9.17) is 23.2 Å². The Bertz CT molecular complexity index is 324. The van der Waals surface area contributed by atoms with E-state index in [2.05, 4.69) is 20.9 Å². The van der Waals surface area contributed by atoms with Crippen LogP contribution < -0.4 is 0 Å². The zero-order chi connectivity index (χ0) is 10.7. The van der Waals surface area contributed by atoms with Crippen LogP contribution in [0.25, 0.3) is 0 Å². The van der Waals surface area contributed by atoms with Gasteiger partial charge in [0, 0.05) is 16.2 Å². The van der Waals surface area contributed by atoms with Crippen molar-refractivity contribution in [2.24, 2.45) is 0 Å². The maximum absolute atomic E-state index is 9.61. The SMILES string of the molecule is OC(CCl)C(O)c1cc(Br)cnc1Cl. The van der Waals surface area contributed by atoms with Gasteiger partial charge >= 0.3 is 0 Å². The smallest absolute Gasteiger partial charge is 0.134 e. The van der Waals surface area contributed by atoms with Crippen LogP contribution in [0.1, 0.15) is 11.7 Å². The van der Waals surface area contributed by atoms with E-state index in [1.807, 2.05) is 0 Å². The van der Waals surface area contributed by atoms with Gasteiger partial charge in [-0.05, 0) is 22.0 Å². The third kappa shape index (κ3) is 2.81. The van der Waals surface area contributed by atoms with E-state index in [0.29, 0.717) is 10.0 Å². The third-order valence-corrected chi connectivity index (χ3v) is 2.74. The van der Waals surface area contributed by atoms with Crippen LogP contribution in [0, 0.1) is 0 Å². The van der Waals surface area contributed by atoms with Gasteiger partial charge in [-0.25, -0.2) is 4.98 Å². The molecule has 6 heteroatoms. The van der Waals surface area contributed by atoms with Gasteiger partial charge in [0.15, 0.2) is 0 Å². The van der Waals surface area contributed by atoms with Gasteiger partial charge in [0.1, 0.15) is 11.3 Å². The van der Waals surface area contributed by atoms with E-state index in [9.17, 15) is 10.2 Å². The number of halogens is 3. The Kier molecular flexibility index (Phi) is 4.60. The number of alkyl halides is 1. The Morgan fingerprint density at radius 3 is 2.71 bits per heavy atom. The number of nitrogens with zero attached hydrogens (tertiary/aromatic N) is 1. The van der Waals surface area contributed by atoms with Crippen LogP contribution in [0.15, 0.2) is 16.7 Å². The molecule has 2 unspecified atom stereocenters. The molecule has 3 nitrogen and oxygen atoms in total. The van der Waals surface area contributed by atoms with Crippen LogP contribution in [-0.2, 0) is 0 Å². The summed E-state index contributed by atoms with van der Waals surface area (Å²) >= 11 is 14.3. The van der Waals surface area contributed by atoms with Gasteiger partial charge in [-0.3, -0.25) is 0 Å². The van der Waals surface area contributed by atoms with Gasteiger partial charge in [0.2, 0.25) is 0 Å². The monoisotopic (exact) mass is 299 g/mol. The first-order valence-corrected chi connectivity index (χ1v) is 5.50. The standard InChI is InChI=1S/C8H8BrCl2NO2/c9-4-1-5(8(11)12-3-4)7(14)6(13)2-10/h1,3,6-7,13-14H,2H2. The zero-order valence-corrected chi connectivity index (χ0v) is 10.1. The lowest BCUT2D eigenvalue weighted by atomic mass is 10.1. The third-order valence-electron chi connectivity index (χ3n) is 1.67. The minimum atomic E-state index is -1.12. The van der Waals surface area contributed by atoms with E-state index < -0.39 is 12.2 Å². The minimum absolute atomic E-state index is 0.0655. The van der Waals surface area contributed by atoms with Crippen molar-refractivity contribution in [2.45, 2.75) is 12.2 Å². The van der Waals surface area contributed by atoms with E-state index in [0.717, 1.165) is 0 Å². The zero-order valence-electron chi connectivity index (χ0n) is 6.99. The molecule has 0 saturated carbocycles. The van der Waals surface area contributed by atoms with Gasteiger partial charge < -0.3 is 10.2 Å². The highest BCUT2D eigenvalue weighted by atomic mass is 79.9. The summed E-state index contributed by atoms with van der Waals surface area (Å²) in [6, 6.07) is 1.59. The van der Waals surface area contributed by atoms with Crippen LogP contribution in [0.2, 0.25) is 5.15 Å². The van der Waals surface area contributed by atoms with Gasteiger partial charge in [-0.15, -0.1) is 11.6 Å². The number of aliphatic hydroxyl groups is 2. The van der Waals surface area contributed by atoms with Crippen molar-refractivity contribution in [3.63, 3.8) is 0 Å². The first kappa shape index (κ1) is 12.2. The normalized spacial score (nSPS) is 15.2. The van der Waals surface area contributed by atoms with Crippen LogP contribution in [0.3, 0.4) is 0 Å². The minimum Gasteiger partial charge on any atom is -0.389 e. The summed E-state index contributed by atoms with van der Waals surface area (Å²) in [6.45, 7) is 0. The first-order chi connectivity index (χ1) is 6.56. The van der Waals surface area contributed by atoms with Crippen molar-refractivity contribution in [3.05, 3.63) is 27.5 Å². The molecule has 1 aromatic rings. The predicted molar refractivity (Wildman–Crippen MR) is 58.6 cm³/mol. The van der Waals surface area contributed by atoms with E-state index in [1.165, 1.54) is 6.20 Å². The summed E-state index contributed by atoms with van der Waals surface area (Å²) in [4.78, 5) is 3.82. The first-order valence-electron chi connectivity index (χ1n) is 3.79. The lowest BCUT2D eigenvalue weighted by molar-refractivity contribution is 0.0325. The summed E-state index contributed by atoms with van der Waals surface area (Å²) in [6.07, 6.45) is -0.665. The fourth-order valence-corrected chi connectivity index (χ4v) is 1.67. The Morgan fingerprint density at radius 1 is 1.50 bits per heavy atom. The molecule has 1 heterocycles. The molecular weight excluding hydrogens is 293 g/mol. The molecule has 0 saturated heterocycles. The van der Waals surface area contributed by atoms with Gasteiger partial charge in [0.25, 0.3) is 0 Å². The molecule has 78 valence electrons. The second-order valence-electron chi connectivity index (χ2n) is 2.70. The number of pyridine rings is 1. The molecule has 14 heavy (non-hydrogen) atoms. The van der Waals surface area contributed by atoms with Crippen molar-refractivity contribution < 1.29 is 10.2 Å².